The maximum absolute atomic E-state index is 13.1. The highest BCUT2D eigenvalue weighted by Gasteiger charge is 2.40. The first-order valence-electron chi connectivity index (χ1n) is 21.9. The summed E-state index contributed by atoms with van der Waals surface area (Å²) < 4.78 is 290. The van der Waals surface area contributed by atoms with Crippen molar-refractivity contribution in [1.29, 1.82) is 0 Å². The Morgan fingerprint density at radius 3 is 0.384 bits per heavy atom. The van der Waals surface area contributed by atoms with E-state index in [0.29, 0.717) is 0 Å². The van der Waals surface area contributed by atoms with Crippen LogP contribution in [0.25, 0.3) is 0 Å². The molecule has 31 heteroatoms. The van der Waals surface area contributed by atoms with E-state index in [1.54, 1.807) is 0 Å². The summed E-state index contributed by atoms with van der Waals surface area (Å²) >= 11 is 0. The fourth-order valence-corrected chi connectivity index (χ4v) is 5.96. The van der Waals surface area contributed by atoms with Gasteiger partial charge >= 0.3 is 37.1 Å². The van der Waals surface area contributed by atoms with Gasteiger partial charge in [-0.2, -0.15) is 79.0 Å². The standard InChI is InChI=1S/C42H68F18O13/c1-31(7-61,11-68-25-37(43,44)45)9-63-13-33(3,21-70-27-39(49,50)51)15-65-17-35(5,23-72-29-41(55,56)57)19-67-20-36(6,24-73-30-42(58,59)60)18-66-16-34(4,22-71-28-40(52,53)54)14-64-10-32(2,8-62)12-69-26-38(46,47)48/h61-62H,7-30H2,1-6H3. The van der Waals surface area contributed by atoms with E-state index in [0.717, 1.165) is 0 Å². The third-order valence-electron chi connectivity index (χ3n) is 9.57. The summed E-state index contributed by atoms with van der Waals surface area (Å²) in [6.07, 6.45) is -28.7. The van der Waals surface area contributed by atoms with Crippen LogP contribution in [0.5, 0.6) is 0 Å². The molecule has 0 radical (unpaired) electrons. The Hall–Kier alpha value is -1.78. The smallest absolute Gasteiger partial charge is 0.396 e. The number of hydrogen-bond acceptors (Lipinski definition) is 13. The zero-order valence-electron chi connectivity index (χ0n) is 41.2. The van der Waals surface area contributed by atoms with Gasteiger partial charge in [0.05, 0.1) is 119 Å². The first-order valence-corrected chi connectivity index (χ1v) is 21.9. The van der Waals surface area contributed by atoms with Crippen molar-refractivity contribution in [2.45, 2.75) is 78.6 Å². The van der Waals surface area contributed by atoms with Crippen LogP contribution in [0.15, 0.2) is 0 Å². The average Bonchev–Trinajstić information content (AvgIpc) is 3.18. The largest absolute Gasteiger partial charge is 0.411 e. The van der Waals surface area contributed by atoms with Crippen molar-refractivity contribution in [3.05, 3.63) is 0 Å². The van der Waals surface area contributed by atoms with Gasteiger partial charge in [0.2, 0.25) is 0 Å². The SMILES string of the molecule is CC(CO)(COCC(F)(F)F)COCC(C)(COCC(F)(F)F)COCC(C)(COCC(F)(F)F)COCC(C)(COCC(F)(F)F)COCC(C)(COCC(F)(F)F)COCC(C)(CO)COCC(F)(F)F. The van der Waals surface area contributed by atoms with Crippen LogP contribution in [0, 0.1) is 32.5 Å². The molecule has 440 valence electrons. The Labute approximate surface area is 411 Å². The lowest BCUT2D eigenvalue weighted by molar-refractivity contribution is -0.196. The van der Waals surface area contributed by atoms with Crippen LogP contribution in [-0.2, 0) is 52.1 Å². The van der Waals surface area contributed by atoms with Gasteiger partial charge in [0.25, 0.3) is 0 Å². The molecule has 0 bridgehead atoms. The summed E-state index contributed by atoms with van der Waals surface area (Å²) in [7, 11) is 0. The number of aliphatic hydroxyl groups excluding tert-OH is 2. The van der Waals surface area contributed by atoms with E-state index in [1.807, 2.05) is 0 Å². The van der Waals surface area contributed by atoms with Crippen LogP contribution < -0.4 is 0 Å². The molecule has 13 nitrogen and oxygen atoms in total. The summed E-state index contributed by atoms with van der Waals surface area (Å²) in [6, 6.07) is 0. The Kier molecular flexibility index (Phi) is 29.6. The predicted molar refractivity (Wildman–Crippen MR) is 218 cm³/mol. The van der Waals surface area contributed by atoms with Crippen LogP contribution in [0.1, 0.15) is 41.5 Å². The highest BCUT2D eigenvalue weighted by Crippen LogP contribution is 2.31. The summed E-state index contributed by atoms with van der Waals surface area (Å²) in [6.45, 7) is -14.0. The topological polar surface area (TPSA) is 142 Å². The van der Waals surface area contributed by atoms with Crippen LogP contribution in [0.3, 0.4) is 0 Å². The average molecular weight is 1120 g/mol. The molecule has 0 saturated heterocycles. The molecule has 0 saturated carbocycles. The molecule has 6 unspecified atom stereocenters. The molecular weight excluding hydrogens is 1050 g/mol. The maximum Gasteiger partial charge on any atom is 0.411 e. The van der Waals surface area contributed by atoms with E-state index in [1.165, 1.54) is 41.5 Å². The Bertz CT molecular complexity index is 1380. The van der Waals surface area contributed by atoms with Gasteiger partial charge in [-0.15, -0.1) is 0 Å². The van der Waals surface area contributed by atoms with Gasteiger partial charge in [0.15, 0.2) is 0 Å². The van der Waals surface area contributed by atoms with Crippen LogP contribution in [0.2, 0.25) is 0 Å². The molecule has 2 N–H and O–H groups in total. The molecule has 0 spiro atoms. The second-order valence-electron chi connectivity index (χ2n) is 20.3. The predicted octanol–water partition coefficient (Wildman–Crippen LogP) is 8.57. The summed E-state index contributed by atoms with van der Waals surface area (Å²) in [5.74, 6) is 0. The zero-order valence-corrected chi connectivity index (χ0v) is 41.2. The Balaban J connectivity index is 6.35. The quantitative estimate of drug-likeness (QED) is 0.0567. The van der Waals surface area contributed by atoms with Crippen LogP contribution in [0.4, 0.5) is 79.0 Å². The number of halogens is 18. The fraction of sp³-hybridized carbons (Fsp3) is 1.00. The third kappa shape index (κ3) is 38.4. The van der Waals surface area contributed by atoms with Crippen molar-refractivity contribution in [3.63, 3.8) is 0 Å². The van der Waals surface area contributed by atoms with Gasteiger partial charge in [0.1, 0.15) is 39.6 Å². The van der Waals surface area contributed by atoms with Crippen molar-refractivity contribution in [2.75, 3.05) is 159 Å². The van der Waals surface area contributed by atoms with E-state index < -0.39 is 228 Å². The molecule has 0 aliphatic heterocycles. The van der Waals surface area contributed by atoms with Crippen molar-refractivity contribution in [1.82, 2.24) is 0 Å². The van der Waals surface area contributed by atoms with E-state index in [-0.39, 0.29) is 0 Å². The Morgan fingerprint density at radius 1 is 0.192 bits per heavy atom. The molecule has 0 aromatic rings. The summed E-state index contributed by atoms with van der Waals surface area (Å²) in [4.78, 5) is 0. The Morgan fingerprint density at radius 2 is 0.288 bits per heavy atom. The second kappa shape index (κ2) is 30.4. The minimum Gasteiger partial charge on any atom is -0.396 e. The van der Waals surface area contributed by atoms with Crippen LogP contribution >= 0.6 is 0 Å². The van der Waals surface area contributed by atoms with Crippen LogP contribution in [-0.4, -0.2) is 206 Å². The lowest BCUT2D eigenvalue weighted by Crippen LogP contribution is -2.43. The fourth-order valence-electron chi connectivity index (χ4n) is 5.96. The molecular formula is C42H68F18O13. The van der Waals surface area contributed by atoms with Crippen molar-refractivity contribution in [3.8, 4) is 0 Å². The number of hydrogen-bond donors (Lipinski definition) is 2. The molecule has 0 fully saturated rings. The highest BCUT2D eigenvalue weighted by atomic mass is 19.4. The molecule has 73 heavy (non-hydrogen) atoms. The van der Waals surface area contributed by atoms with E-state index in [4.69, 9.17) is 42.6 Å². The van der Waals surface area contributed by atoms with Crippen molar-refractivity contribution >= 4 is 0 Å². The van der Waals surface area contributed by atoms with Gasteiger partial charge in [0, 0.05) is 32.5 Å². The van der Waals surface area contributed by atoms with Crippen molar-refractivity contribution in [2.24, 2.45) is 32.5 Å². The first-order chi connectivity index (χ1) is 32.9. The summed E-state index contributed by atoms with van der Waals surface area (Å²) in [5.41, 5.74) is -9.09. The van der Waals surface area contributed by atoms with Gasteiger partial charge < -0.3 is 62.3 Å². The molecule has 0 heterocycles. The molecule has 0 amide bonds. The minimum atomic E-state index is -4.85. The van der Waals surface area contributed by atoms with Crippen molar-refractivity contribution < 1.29 is 141 Å². The zero-order chi connectivity index (χ0) is 56.7. The van der Waals surface area contributed by atoms with Gasteiger partial charge in [-0.3, -0.25) is 0 Å². The highest BCUT2D eigenvalue weighted by molar-refractivity contribution is 4.82. The number of aliphatic hydroxyl groups is 2. The van der Waals surface area contributed by atoms with Gasteiger partial charge in [-0.05, 0) is 0 Å². The summed E-state index contributed by atoms with van der Waals surface area (Å²) in [5, 5.41) is 19.6. The van der Waals surface area contributed by atoms with E-state index in [9.17, 15) is 89.2 Å². The number of rotatable bonds is 40. The van der Waals surface area contributed by atoms with E-state index >= 15 is 0 Å². The molecule has 0 aliphatic carbocycles. The van der Waals surface area contributed by atoms with E-state index in [2.05, 4.69) is 9.47 Å². The maximum atomic E-state index is 13.1. The molecule has 0 aromatic carbocycles. The second-order valence-corrected chi connectivity index (χ2v) is 20.3. The molecule has 0 rings (SSSR count). The lowest BCUT2D eigenvalue weighted by atomic mass is 9.91. The molecule has 6 atom stereocenters. The lowest BCUT2D eigenvalue weighted by Gasteiger charge is -2.36. The third-order valence-corrected chi connectivity index (χ3v) is 9.57. The molecule has 0 aromatic heterocycles. The number of ether oxygens (including phenoxy) is 11. The minimum absolute atomic E-state index is 0.488. The monoisotopic (exact) mass is 1120 g/mol. The normalized spacial score (nSPS) is 18.7. The molecule has 0 aliphatic rings. The van der Waals surface area contributed by atoms with Gasteiger partial charge in [-0.1, -0.05) is 41.5 Å². The first kappa shape index (κ1) is 71.2. The van der Waals surface area contributed by atoms with Gasteiger partial charge in [-0.25, -0.2) is 0 Å². The number of alkyl halides is 18.